The van der Waals surface area contributed by atoms with E-state index < -0.39 is 0 Å². The second kappa shape index (κ2) is 10.9. The number of hydrogen-bond donors (Lipinski definition) is 1. The number of imidazole rings is 1. The number of aromatic nitrogens is 2. The molecule has 4 rings (SSSR count). The van der Waals surface area contributed by atoms with Gasteiger partial charge in [-0.1, -0.05) is 46.3 Å². The summed E-state index contributed by atoms with van der Waals surface area (Å²) in [6, 6.07) is 25.9. The SMILES string of the molecule is O=C(c1ccc(-n2ccnc2)cc1)N(CCNCCc1ccccc1)c1ccc(Br)cc1. The highest BCUT2D eigenvalue weighted by molar-refractivity contribution is 9.10. The third kappa shape index (κ3) is 5.72. The summed E-state index contributed by atoms with van der Waals surface area (Å²) in [6.07, 6.45) is 6.32. The number of carbonyl (C=O) groups excluding carboxylic acids is 1. The smallest absolute Gasteiger partial charge is 0.258 e. The zero-order valence-electron chi connectivity index (χ0n) is 17.7. The summed E-state index contributed by atoms with van der Waals surface area (Å²) >= 11 is 3.48. The minimum Gasteiger partial charge on any atom is -0.315 e. The van der Waals surface area contributed by atoms with E-state index in [4.69, 9.17) is 0 Å². The highest BCUT2D eigenvalue weighted by Crippen LogP contribution is 2.21. The number of nitrogens with one attached hydrogen (secondary N) is 1. The maximum Gasteiger partial charge on any atom is 0.258 e. The lowest BCUT2D eigenvalue weighted by Gasteiger charge is -2.23. The van der Waals surface area contributed by atoms with Crippen molar-refractivity contribution in [3.63, 3.8) is 0 Å². The maximum atomic E-state index is 13.4. The van der Waals surface area contributed by atoms with Crippen LogP contribution < -0.4 is 10.2 Å². The number of carbonyl (C=O) groups is 1. The van der Waals surface area contributed by atoms with Gasteiger partial charge in [-0.15, -0.1) is 0 Å². The van der Waals surface area contributed by atoms with Crippen LogP contribution in [-0.2, 0) is 6.42 Å². The van der Waals surface area contributed by atoms with Gasteiger partial charge in [0.25, 0.3) is 5.91 Å². The molecule has 3 aromatic carbocycles. The molecule has 162 valence electrons. The number of halogens is 1. The Balaban J connectivity index is 1.42. The minimum atomic E-state index is -0.0191. The average Bonchev–Trinajstić information content (AvgIpc) is 3.38. The van der Waals surface area contributed by atoms with Gasteiger partial charge < -0.3 is 14.8 Å². The van der Waals surface area contributed by atoms with Gasteiger partial charge in [-0.2, -0.15) is 0 Å². The molecule has 0 aliphatic heterocycles. The first-order valence-corrected chi connectivity index (χ1v) is 11.4. The van der Waals surface area contributed by atoms with Crippen LogP contribution in [0.4, 0.5) is 5.69 Å². The number of anilines is 1. The van der Waals surface area contributed by atoms with Gasteiger partial charge in [-0.3, -0.25) is 4.79 Å². The van der Waals surface area contributed by atoms with Gasteiger partial charge >= 0.3 is 0 Å². The molecule has 0 spiro atoms. The zero-order valence-corrected chi connectivity index (χ0v) is 19.3. The Morgan fingerprint density at radius 3 is 2.38 bits per heavy atom. The molecular weight excluding hydrogens is 464 g/mol. The molecule has 0 saturated carbocycles. The van der Waals surface area contributed by atoms with Crippen LogP contribution in [0.5, 0.6) is 0 Å². The third-order valence-electron chi connectivity index (χ3n) is 5.25. The quantitative estimate of drug-likeness (QED) is 0.333. The van der Waals surface area contributed by atoms with E-state index in [1.165, 1.54) is 5.56 Å². The second-order valence-electron chi connectivity index (χ2n) is 7.44. The fraction of sp³-hybridized carbons (Fsp3) is 0.154. The lowest BCUT2D eigenvalue weighted by molar-refractivity contribution is 0.0987. The number of benzene rings is 3. The molecule has 0 fully saturated rings. The van der Waals surface area contributed by atoms with Crippen LogP contribution in [0, 0.1) is 0 Å². The van der Waals surface area contributed by atoms with Gasteiger partial charge in [0.2, 0.25) is 0 Å². The van der Waals surface area contributed by atoms with Crippen LogP contribution in [-0.4, -0.2) is 35.1 Å². The molecule has 1 aromatic heterocycles. The van der Waals surface area contributed by atoms with Gasteiger partial charge in [0.1, 0.15) is 0 Å². The molecule has 1 amide bonds. The topological polar surface area (TPSA) is 50.2 Å². The van der Waals surface area contributed by atoms with Crippen molar-refractivity contribution in [3.05, 3.63) is 113 Å². The molecule has 6 heteroatoms. The predicted octanol–water partition coefficient (Wildman–Crippen LogP) is 5.11. The molecule has 1 N–H and O–H groups in total. The van der Waals surface area contributed by atoms with E-state index in [0.29, 0.717) is 18.7 Å². The van der Waals surface area contributed by atoms with Gasteiger partial charge in [0.05, 0.1) is 6.33 Å². The van der Waals surface area contributed by atoms with E-state index in [-0.39, 0.29) is 5.91 Å². The second-order valence-corrected chi connectivity index (χ2v) is 8.35. The summed E-state index contributed by atoms with van der Waals surface area (Å²) < 4.78 is 2.90. The lowest BCUT2D eigenvalue weighted by atomic mass is 10.1. The van der Waals surface area contributed by atoms with Crippen LogP contribution in [0.25, 0.3) is 5.69 Å². The van der Waals surface area contributed by atoms with Crippen molar-refractivity contribution < 1.29 is 4.79 Å². The van der Waals surface area contributed by atoms with Crippen molar-refractivity contribution in [1.82, 2.24) is 14.9 Å². The van der Waals surface area contributed by atoms with Gasteiger partial charge in [0, 0.05) is 46.9 Å². The molecule has 5 nitrogen and oxygen atoms in total. The first kappa shape index (κ1) is 22.0. The fourth-order valence-electron chi connectivity index (χ4n) is 3.51. The number of hydrogen-bond acceptors (Lipinski definition) is 3. The Morgan fingerprint density at radius 2 is 1.69 bits per heavy atom. The molecular formula is C26H25BrN4O. The molecule has 0 bridgehead atoms. The van der Waals surface area contributed by atoms with Crippen molar-refractivity contribution in [1.29, 1.82) is 0 Å². The van der Waals surface area contributed by atoms with Gasteiger partial charge in [0.15, 0.2) is 0 Å². The molecule has 0 radical (unpaired) electrons. The van der Waals surface area contributed by atoms with Crippen LogP contribution in [0.3, 0.4) is 0 Å². The number of amides is 1. The van der Waals surface area contributed by atoms with E-state index in [9.17, 15) is 4.79 Å². The zero-order chi connectivity index (χ0) is 22.2. The number of nitrogens with zero attached hydrogens (tertiary/aromatic N) is 3. The molecule has 1 heterocycles. The van der Waals surface area contributed by atoms with Crippen LogP contribution in [0.2, 0.25) is 0 Å². The monoisotopic (exact) mass is 488 g/mol. The van der Waals surface area contributed by atoms with Crippen molar-refractivity contribution in [2.24, 2.45) is 0 Å². The Hall–Kier alpha value is -3.22. The summed E-state index contributed by atoms with van der Waals surface area (Å²) in [5.74, 6) is -0.0191. The van der Waals surface area contributed by atoms with E-state index in [0.717, 1.165) is 28.8 Å². The summed E-state index contributed by atoms with van der Waals surface area (Å²) in [7, 11) is 0. The number of rotatable bonds is 9. The van der Waals surface area contributed by atoms with Gasteiger partial charge in [-0.05, 0) is 67.1 Å². The Bertz CT molecular complexity index is 1110. The Kier molecular flexibility index (Phi) is 7.48. The highest BCUT2D eigenvalue weighted by atomic mass is 79.9. The summed E-state index contributed by atoms with van der Waals surface area (Å²) in [5.41, 5.74) is 3.80. The molecule has 0 saturated heterocycles. The average molecular weight is 489 g/mol. The minimum absolute atomic E-state index is 0.0191. The molecule has 0 aliphatic rings. The lowest BCUT2D eigenvalue weighted by Crippen LogP contribution is -2.37. The van der Waals surface area contributed by atoms with Crippen molar-refractivity contribution >= 4 is 27.5 Å². The predicted molar refractivity (Wildman–Crippen MR) is 132 cm³/mol. The Morgan fingerprint density at radius 1 is 0.938 bits per heavy atom. The fourth-order valence-corrected chi connectivity index (χ4v) is 3.77. The molecule has 0 unspecified atom stereocenters. The van der Waals surface area contributed by atoms with E-state index in [1.54, 1.807) is 12.5 Å². The maximum absolute atomic E-state index is 13.4. The molecule has 32 heavy (non-hydrogen) atoms. The summed E-state index contributed by atoms with van der Waals surface area (Å²) in [5, 5.41) is 3.47. The third-order valence-corrected chi connectivity index (χ3v) is 5.77. The van der Waals surface area contributed by atoms with E-state index in [2.05, 4.69) is 50.5 Å². The van der Waals surface area contributed by atoms with Crippen molar-refractivity contribution in [3.8, 4) is 5.69 Å². The Labute approximate surface area is 196 Å². The van der Waals surface area contributed by atoms with Crippen molar-refractivity contribution in [2.45, 2.75) is 6.42 Å². The van der Waals surface area contributed by atoms with E-state index in [1.807, 2.05) is 70.3 Å². The summed E-state index contributed by atoms with van der Waals surface area (Å²) in [6.45, 7) is 2.16. The molecule has 0 atom stereocenters. The normalized spacial score (nSPS) is 10.8. The standard InChI is InChI=1S/C26H25BrN4O/c27-23-8-12-25(13-9-23)31(19-17-28-15-14-21-4-2-1-3-5-21)26(32)22-6-10-24(11-7-22)30-18-16-29-20-30/h1-13,16,18,20,28H,14-15,17,19H2. The van der Waals surface area contributed by atoms with Crippen LogP contribution in [0.15, 0.2) is 102 Å². The van der Waals surface area contributed by atoms with Crippen molar-refractivity contribution in [2.75, 3.05) is 24.5 Å². The first-order valence-electron chi connectivity index (χ1n) is 10.6. The first-order chi connectivity index (χ1) is 15.7. The molecule has 4 aromatic rings. The van der Waals surface area contributed by atoms with Crippen LogP contribution in [0.1, 0.15) is 15.9 Å². The largest absolute Gasteiger partial charge is 0.315 e. The summed E-state index contributed by atoms with van der Waals surface area (Å²) in [4.78, 5) is 19.3. The van der Waals surface area contributed by atoms with E-state index >= 15 is 0 Å². The van der Waals surface area contributed by atoms with Gasteiger partial charge in [-0.25, -0.2) is 4.98 Å². The molecule has 0 aliphatic carbocycles. The van der Waals surface area contributed by atoms with Crippen LogP contribution >= 0.6 is 15.9 Å². The highest BCUT2D eigenvalue weighted by Gasteiger charge is 2.17.